The molecule has 1 aromatic heterocycles. The lowest BCUT2D eigenvalue weighted by Crippen LogP contribution is -2.27. The fourth-order valence-electron chi connectivity index (χ4n) is 2.63. The highest BCUT2D eigenvalue weighted by Crippen LogP contribution is 2.25. The number of aromatic nitrogens is 2. The van der Waals surface area contributed by atoms with Crippen LogP contribution in [0, 0.1) is 0 Å². The fourth-order valence-corrected chi connectivity index (χ4v) is 2.63. The number of unbranched alkanes of at least 4 members (excludes halogenated alkanes) is 4. The van der Waals surface area contributed by atoms with E-state index < -0.39 is 5.60 Å². The van der Waals surface area contributed by atoms with Gasteiger partial charge in [0.05, 0.1) is 19.5 Å². The molecule has 0 aliphatic carbocycles. The van der Waals surface area contributed by atoms with Crippen molar-refractivity contribution in [3.05, 3.63) is 48.5 Å². The zero-order chi connectivity index (χ0) is 16.5. The SMILES string of the molecule is CCCCCCCOc1ccc(C(C)(O)Cn2ccnc2)cc1. The lowest BCUT2D eigenvalue weighted by atomic mass is 9.96. The van der Waals surface area contributed by atoms with Crippen molar-refractivity contribution in [2.24, 2.45) is 0 Å². The van der Waals surface area contributed by atoms with Gasteiger partial charge in [0.2, 0.25) is 0 Å². The summed E-state index contributed by atoms with van der Waals surface area (Å²) in [6.07, 6.45) is 11.5. The standard InChI is InChI=1S/C19H28N2O2/c1-3-4-5-6-7-14-23-18-10-8-17(9-11-18)19(2,22)15-21-13-12-20-16-21/h8-13,16,22H,3-7,14-15H2,1-2H3. The Morgan fingerprint density at radius 1 is 1.13 bits per heavy atom. The fraction of sp³-hybridized carbons (Fsp3) is 0.526. The molecule has 1 aromatic carbocycles. The molecule has 23 heavy (non-hydrogen) atoms. The summed E-state index contributed by atoms with van der Waals surface area (Å²) in [6, 6.07) is 7.74. The number of rotatable bonds is 10. The van der Waals surface area contributed by atoms with E-state index >= 15 is 0 Å². The quantitative estimate of drug-likeness (QED) is 0.670. The Balaban J connectivity index is 1.81. The van der Waals surface area contributed by atoms with Gasteiger partial charge in [-0.2, -0.15) is 0 Å². The summed E-state index contributed by atoms with van der Waals surface area (Å²) in [5.74, 6) is 0.864. The van der Waals surface area contributed by atoms with Crippen LogP contribution in [0.5, 0.6) is 5.75 Å². The highest BCUT2D eigenvalue weighted by molar-refractivity contribution is 5.30. The second-order valence-corrected chi connectivity index (χ2v) is 6.30. The number of hydrogen-bond acceptors (Lipinski definition) is 3. The molecule has 0 aliphatic heterocycles. The third kappa shape index (κ3) is 5.71. The smallest absolute Gasteiger partial charge is 0.119 e. The van der Waals surface area contributed by atoms with Gasteiger partial charge >= 0.3 is 0 Å². The summed E-state index contributed by atoms with van der Waals surface area (Å²) >= 11 is 0. The minimum atomic E-state index is -0.931. The van der Waals surface area contributed by atoms with Crippen LogP contribution in [0.2, 0.25) is 0 Å². The Bertz CT molecular complexity index is 547. The first kappa shape index (κ1) is 17.5. The van der Waals surface area contributed by atoms with Crippen molar-refractivity contribution < 1.29 is 9.84 Å². The third-order valence-corrected chi connectivity index (χ3v) is 4.04. The molecule has 4 heteroatoms. The molecule has 0 amide bonds. The van der Waals surface area contributed by atoms with Crippen LogP contribution in [0.4, 0.5) is 0 Å². The van der Waals surface area contributed by atoms with E-state index in [1.165, 1.54) is 25.7 Å². The molecule has 0 fully saturated rings. The van der Waals surface area contributed by atoms with Gasteiger partial charge in [-0.15, -0.1) is 0 Å². The Hall–Kier alpha value is -1.81. The van der Waals surface area contributed by atoms with Gasteiger partial charge in [-0.3, -0.25) is 0 Å². The van der Waals surface area contributed by atoms with Gasteiger partial charge in [-0.05, 0) is 31.0 Å². The number of aliphatic hydroxyl groups is 1. The highest BCUT2D eigenvalue weighted by Gasteiger charge is 2.23. The van der Waals surface area contributed by atoms with Crippen LogP contribution in [0.3, 0.4) is 0 Å². The minimum absolute atomic E-state index is 0.477. The van der Waals surface area contributed by atoms with E-state index in [9.17, 15) is 5.11 Å². The molecule has 0 radical (unpaired) electrons. The molecular formula is C19H28N2O2. The molecule has 1 N–H and O–H groups in total. The maximum absolute atomic E-state index is 10.7. The van der Waals surface area contributed by atoms with Gasteiger partial charge in [0.25, 0.3) is 0 Å². The normalized spacial score (nSPS) is 13.7. The van der Waals surface area contributed by atoms with Crippen LogP contribution in [0.25, 0.3) is 0 Å². The van der Waals surface area contributed by atoms with Crippen molar-refractivity contribution in [2.45, 2.75) is 58.1 Å². The molecule has 1 atom stereocenters. The van der Waals surface area contributed by atoms with E-state index in [4.69, 9.17) is 4.74 Å². The van der Waals surface area contributed by atoms with Crippen molar-refractivity contribution in [2.75, 3.05) is 6.61 Å². The van der Waals surface area contributed by atoms with Gasteiger partial charge in [-0.1, -0.05) is 44.7 Å². The average molecular weight is 316 g/mol. The first-order chi connectivity index (χ1) is 11.1. The summed E-state index contributed by atoms with van der Waals surface area (Å²) in [7, 11) is 0. The first-order valence-corrected chi connectivity index (χ1v) is 8.53. The van der Waals surface area contributed by atoms with E-state index in [0.717, 1.165) is 24.3 Å². The zero-order valence-electron chi connectivity index (χ0n) is 14.2. The van der Waals surface area contributed by atoms with Gasteiger partial charge in [-0.25, -0.2) is 4.98 Å². The number of hydrogen-bond donors (Lipinski definition) is 1. The van der Waals surface area contributed by atoms with Crippen LogP contribution in [-0.2, 0) is 12.1 Å². The van der Waals surface area contributed by atoms with Crippen molar-refractivity contribution in [3.63, 3.8) is 0 Å². The van der Waals surface area contributed by atoms with Gasteiger partial charge in [0, 0.05) is 12.4 Å². The first-order valence-electron chi connectivity index (χ1n) is 8.53. The summed E-state index contributed by atoms with van der Waals surface area (Å²) in [6.45, 7) is 5.27. The maximum atomic E-state index is 10.7. The average Bonchev–Trinajstić information content (AvgIpc) is 3.03. The second kappa shape index (κ2) is 8.73. The molecular weight excluding hydrogens is 288 g/mol. The van der Waals surface area contributed by atoms with E-state index in [1.807, 2.05) is 42.0 Å². The van der Waals surface area contributed by atoms with E-state index in [0.29, 0.717) is 6.54 Å². The second-order valence-electron chi connectivity index (χ2n) is 6.30. The van der Waals surface area contributed by atoms with Crippen LogP contribution in [-0.4, -0.2) is 21.3 Å². The highest BCUT2D eigenvalue weighted by atomic mass is 16.5. The molecule has 1 unspecified atom stereocenters. The van der Waals surface area contributed by atoms with Gasteiger partial charge in [0.1, 0.15) is 11.4 Å². The van der Waals surface area contributed by atoms with E-state index in [1.54, 1.807) is 12.5 Å². The molecule has 126 valence electrons. The monoisotopic (exact) mass is 316 g/mol. The van der Waals surface area contributed by atoms with Crippen molar-refractivity contribution in [1.82, 2.24) is 9.55 Å². The molecule has 0 aliphatic rings. The Labute approximate surface area is 139 Å². The summed E-state index contributed by atoms with van der Waals surface area (Å²) < 4.78 is 7.64. The van der Waals surface area contributed by atoms with Crippen LogP contribution in [0.1, 0.15) is 51.5 Å². The maximum Gasteiger partial charge on any atom is 0.119 e. The Kier molecular flexibility index (Phi) is 6.66. The third-order valence-electron chi connectivity index (χ3n) is 4.04. The lowest BCUT2D eigenvalue weighted by molar-refractivity contribution is 0.0382. The molecule has 4 nitrogen and oxygen atoms in total. The molecule has 0 saturated heterocycles. The molecule has 2 aromatic rings. The van der Waals surface area contributed by atoms with Gasteiger partial charge < -0.3 is 14.4 Å². The molecule has 0 bridgehead atoms. The molecule has 0 spiro atoms. The van der Waals surface area contributed by atoms with Crippen LogP contribution in [0.15, 0.2) is 43.0 Å². The zero-order valence-corrected chi connectivity index (χ0v) is 14.2. The van der Waals surface area contributed by atoms with E-state index in [2.05, 4.69) is 11.9 Å². The summed E-state index contributed by atoms with van der Waals surface area (Å²) in [4.78, 5) is 4.01. The van der Waals surface area contributed by atoms with Crippen molar-refractivity contribution in [3.8, 4) is 5.75 Å². The molecule has 0 saturated carbocycles. The number of imidazole rings is 1. The van der Waals surface area contributed by atoms with Crippen LogP contribution < -0.4 is 4.74 Å². The Morgan fingerprint density at radius 3 is 2.52 bits per heavy atom. The number of benzene rings is 1. The van der Waals surface area contributed by atoms with Crippen LogP contribution >= 0.6 is 0 Å². The topological polar surface area (TPSA) is 47.3 Å². The summed E-state index contributed by atoms with van der Waals surface area (Å²) in [5.41, 5.74) is -0.0548. The molecule has 1 heterocycles. The summed E-state index contributed by atoms with van der Waals surface area (Å²) in [5, 5.41) is 10.7. The minimum Gasteiger partial charge on any atom is -0.494 e. The number of ether oxygens (including phenoxy) is 1. The number of nitrogens with zero attached hydrogens (tertiary/aromatic N) is 2. The lowest BCUT2D eigenvalue weighted by Gasteiger charge is -2.24. The van der Waals surface area contributed by atoms with Gasteiger partial charge in [0.15, 0.2) is 0 Å². The Morgan fingerprint density at radius 2 is 1.87 bits per heavy atom. The predicted molar refractivity (Wildman–Crippen MR) is 92.5 cm³/mol. The van der Waals surface area contributed by atoms with Crippen molar-refractivity contribution in [1.29, 1.82) is 0 Å². The molecule has 2 rings (SSSR count). The van der Waals surface area contributed by atoms with E-state index in [-0.39, 0.29) is 0 Å². The van der Waals surface area contributed by atoms with Crippen molar-refractivity contribution >= 4 is 0 Å². The predicted octanol–water partition coefficient (Wildman–Crippen LogP) is 4.14. The largest absolute Gasteiger partial charge is 0.494 e.